The number of halogens is 1. The highest BCUT2D eigenvalue weighted by molar-refractivity contribution is 7.89. The van der Waals surface area contributed by atoms with Gasteiger partial charge in [0.05, 0.1) is 22.2 Å². The average Bonchev–Trinajstić information content (AvgIpc) is 3.38. The lowest BCUT2D eigenvalue weighted by Gasteiger charge is -2.34. The number of hydrogen-bond donors (Lipinski definition) is 0. The number of piperazine rings is 1. The van der Waals surface area contributed by atoms with Crippen LogP contribution in [-0.2, 0) is 10.0 Å². The van der Waals surface area contributed by atoms with Gasteiger partial charge in [-0.1, -0.05) is 29.8 Å². The van der Waals surface area contributed by atoms with Gasteiger partial charge in [-0.25, -0.2) is 13.4 Å². The molecule has 3 heterocycles. The molecule has 0 N–H and O–H groups in total. The zero-order chi connectivity index (χ0) is 23.0. The van der Waals surface area contributed by atoms with Gasteiger partial charge in [0.25, 0.3) is 5.91 Å². The standard InChI is InChI=1S/C24H20ClN3O4S/c25-17-7-9-18(10-8-17)33(30,31)28-13-11-27(12-14-28)24(29)20-16-22(23-6-3-15-32-23)26-21-5-2-1-4-19(20)21/h1-10,15-16H,11-14H2. The molecule has 9 heteroatoms. The Morgan fingerprint density at radius 1 is 0.939 bits per heavy atom. The molecule has 1 amide bonds. The first-order chi connectivity index (χ1) is 15.9. The van der Waals surface area contributed by atoms with Crippen molar-refractivity contribution in [3.8, 4) is 11.5 Å². The van der Waals surface area contributed by atoms with Crippen LogP contribution in [-0.4, -0.2) is 54.7 Å². The number of amides is 1. The molecule has 168 valence electrons. The van der Waals surface area contributed by atoms with Crippen molar-refractivity contribution >= 4 is 38.4 Å². The van der Waals surface area contributed by atoms with E-state index in [0.717, 1.165) is 5.39 Å². The van der Waals surface area contributed by atoms with Crippen molar-refractivity contribution in [3.63, 3.8) is 0 Å². The minimum absolute atomic E-state index is 0.162. The van der Waals surface area contributed by atoms with E-state index in [2.05, 4.69) is 4.98 Å². The first-order valence-electron chi connectivity index (χ1n) is 10.4. The predicted octanol–water partition coefficient (Wildman–Crippen LogP) is 4.29. The van der Waals surface area contributed by atoms with E-state index in [9.17, 15) is 13.2 Å². The van der Waals surface area contributed by atoms with Gasteiger partial charge in [-0.15, -0.1) is 0 Å². The van der Waals surface area contributed by atoms with E-state index in [1.54, 1.807) is 41.5 Å². The number of pyridine rings is 1. The Kier molecular flexibility index (Phi) is 5.65. The van der Waals surface area contributed by atoms with Gasteiger partial charge in [-0.2, -0.15) is 4.31 Å². The van der Waals surface area contributed by atoms with Crippen molar-refractivity contribution < 1.29 is 17.6 Å². The molecule has 4 aromatic rings. The van der Waals surface area contributed by atoms with Gasteiger partial charge in [-0.3, -0.25) is 4.79 Å². The third-order valence-corrected chi connectivity index (χ3v) is 7.86. The van der Waals surface area contributed by atoms with E-state index >= 15 is 0 Å². The molecular weight excluding hydrogens is 462 g/mol. The van der Waals surface area contributed by atoms with Crippen molar-refractivity contribution in [2.24, 2.45) is 0 Å². The molecule has 33 heavy (non-hydrogen) atoms. The van der Waals surface area contributed by atoms with Gasteiger partial charge in [-0.05, 0) is 48.5 Å². The van der Waals surface area contributed by atoms with Crippen LogP contribution in [0.15, 0.2) is 82.3 Å². The van der Waals surface area contributed by atoms with Crippen LogP contribution in [0.3, 0.4) is 0 Å². The highest BCUT2D eigenvalue weighted by Crippen LogP contribution is 2.27. The van der Waals surface area contributed by atoms with Crippen molar-refractivity contribution in [2.45, 2.75) is 4.90 Å². The molecule has 0 radical (unpaired) electrons. The quantitative estimate of drug-likeness (QED) is 0.434. The van der Waals surface area contributed by atoms with Crippen molar-refractivity contribution in [1.82, 2.24) is 14.2 Å². The summed E-state index contributed by atoms with van der Waals surface area (Å²) in [6, 6.07) is 18.9. The third-order valence-electron chi connectivity index (χ3n) is 5.70. The molecule has 1 fully saturated rings. The van der Waals surface area contributed by atoms with E-state index in [0.29, 0.717) is 40.6 Å². The number of nitrogens with zero attached hydrogens (tertiary/aromatic N) is 3. The van der Waals surface area contributed by atoms with Crippen LogP contribution in [0, 0.1) is 0 Å². The lowest BCUT2D eigenvalue weighted by atomic mass is 10.1. The summed E-state index contributed by atoms with van der Waals surface area (Å²) in [6.45, 7) is 1.01. The van der Waals surface area contributed by atoms with Gasteiger partial charge >= 0.3 is 0 Å². The third kappa shape index (κ3) is 4.13. The molecule has 7 nitrogen and oxygen atoms in total. The van der Waals surface area contributed by atoms with Crippen molar-refractivity contribution in [1.29, 1.82) is 0 Å². The number of carbonyl (C=O) groups excluding carboxylic acids is 1. The first-order valence-corrected chi connectivity index (χ1v) is 12.2. The van der Waals surface area contributed by atoms with Gasteiger partial charge in [0.2, 0.25) is 10.0 Å². The van der Waals surface area contributed by atoms with Crippen LogP contribution >= 0.6 is 11.6 Å². The Balaban J connectivity index is 1.40. The zero-order valence-corrected chi connectivity index (χ0v) is 19.1. The average molecular weight is 482 g/mol. The number of benzene rings is 2. The Bertz CT molecular complexity index is 1410. The van der Waals surface area contributed by atoms with Gasteiger partial charge < -0.3 is 9.32 Å². The summed E-state index contributed by atoms with van der Waals surface area (Å²) in [5.74, 6) is 0.415. The van der Waals surface area contributed by atoms with Crippen LogP contribution in [0.25, 0.3) is 22.4 Å². The summed E-state index contributed by atoms with van der Waals surface area (Å²) in [6.07, 6.45) is 1.56. The summed E-state index contributed by atoms with van der Waals surface area (Å²) in [5.41, 5.74) is 1.78. The lowest BCUT2D eigenvalue weighted by molar-refractivity contribution is 0.0700. The number of furan rings is 1. The number of rotatable bonds is 4. The normalized spacial score (nSPS) is 15.1. The Labute approximate surface area is 196 Å². The van der Waals surface area contributed by atoms with Crippen molar-refractivity contribution in [2.75, 3.05) is 26.2 Å². The molecule has 0 atom stereocenters. The maximum absolute atomic E-state index is 13.5. The molecule has 0 spiro atoms. The van der Waals surface area contributed by atoms with Gasteiger partial charge in [0.15, 0.2) is 5.76 Å². The Morgan fingerprint density at radius 2 is 1.67 bits per heavy atom. The summed E-state index contributed by atoms with van der Waals surface area (Å²) >= 11 is 5.88. The van der Waals surface area contributed by atoms with E-state index in [4.69, 9.17) is 16.0 Å². The molecule has 5 rings (SSSR count). The fourth-order valence-electron chi connectivity index (χ4n) is 3.96. The first kappa shape index (κ1) is 21.6. The summed E-state index contributed by atoms with van der Waals surface area (Å²) in [4.78, 5) is 20.0. The highest BCUT2D eigenvalue weighted by atomic mass is 35.5. The fourth-order valence-corrected chi connectivity index (χ4v) is 5.51. The van der Waals surface area contributed by atoms with Gasteiger partial charge in [0.1, 0.15) is 5.69 Å². The van der Waals surface area contributed by atoms with E-state index in [1.165, 1.54) is 16.4 Å². The minimum Gasteiger partial charge on any atom is -0.463 e. The zero-order valence-electron chi connectivity index (χ0n) is 17.5. The van der Waals surface area contributed by atoms with E-state index in [-0.39, 0.29) is 23.9 Å². The lowest BCUT2D eigenvalue weighted by Crippen LogP contribution is -2.50. The molecule has 0 aliphatic carbocycles. The number of carbonyl (C=O) groups is 1. The number of para-hydroxylation sites is 1. The number of hydrogen-bond acceptors (Lipinski definition) is 5. The molecule has 0 unspecified atom stereocenters. The van der Waals surface area contributed by atoms with E-state index in [1.807, 2.05) is 24.3 Å². The van der Waals surface area contributed by atoms with Gasteiger partial charge in [0, 0.05) is 36.6 Å². The number of sulfonamides is 1. The monoisotopic (exact) mass is 481 g/mol. The van der Waals surface area contributed by atoms with E-state index < -0.39 is 10.0 Å². The summed E-state index contributed by atoms with van der Waals surface area (Å²) in [7, 11) is -3.65. The molecule has 1 aliphatic heterocycles. The molecule has 1 saturated heterocycles. The number of fused-ring (bicyclic) bond motifs is 1. The molecule has 2 aromatic heterocycles. The summed E-state index contributed by atoms with van der Waals surface area (Å²) in [5, 5.41) is 1.22. The minimum atomic E-state index is -3.65. The number of aromatic nitrogens is 1. The molecule has 0 bridgehead atoms. The fraction of sp³-hybridized carbons (Fsp3) is 0.167. The molecule has 0 saturated carbocycles. The van der Waals surface area contributed by atoms with Crippen LogP contribution in [0.2, 0.25) is 5.02 Å². The summed E-state index contributed by atoms with van der Waals surface area (Å²) < 4.78 is 32.8. The molecule has 2 aromatic carbocycles. The topological polar surface area (TPSA) is 83.7 Å². The second kappa shape index (κ2) is 8.62. The molecular formula is C24H20ClN3O4S. The Hall–Kier alpha value is -3.20. The van der Waals surface area contributed by atoms with Crippen molar-refractivity contribution in [3.05, 3.63) is 83.6 Å². The second-order valence-corrected chi connectivity index (χ2v) is 10.1. The second-order valence-electron chi connectivity index (χ2n) is 7.70. The maximum Gasteiger partial charge on any atom is 0.254 e. The maximum atomic E-state index is 13.5. The SMILES string of the molecule is O=C(c1cc(-c2ccco2)nc2ccccc12)N1CCN(S(=O)(=O)c2ccc(Cl)cc2)CC1. The smallest absolute Gasteiger partial charge is 0.254 e. The van der Waals surface area contributed by atoms with Crippen LogP contribution in [0.1, 0.15) is 10.4 Å². The largest absolute Gasteiger partial charge is 0.463 e. The van der Waals surface area contributed by atoms with Crippen LogP contribution in [0.5, 0.6) is 0 Å². The van der Waals surface area contributed by atoms with Crippen LogP contribution in [0.4, 0.5) is 0 Å². The highest BCUT2D eigenvalue weighted by Gasteiger charge is 2.31. The van der Waals surface area contributed by atoms with Crippen LogP contribution < -0.4 is 0 Å². The predicted molar refractivity (Wildman–Crippen MR) is 126 cm³/mol. The molecule has 1 aliphatic rings. The Morgan fingerprint density at radius 3 is 2.36 bits per heavy atom.